The van der Waals surface area contributed by atoms with Crippen LogP contribution in [0, 0.1) is 0 Å². The maximum Gasteiger partial charge on any atom is 0.231 e. The molecule has 0 spiro atoms. The first-order chi connectivity index (χ1) is 10.7. The predicted molar refractivity (Wildman–Crippen MR) is 83.1 cm³/mol. The number of nitrogens with zero attached hydrogens (tertiary/aromatic N) is 1. The van der Waals surface area contributed by atoms with Crippen LogP contribution in [0.15, 0.2) is 48.5 Å². The molecule has 3 rings (SSSR count). The number of likely N-dealkylation sites (tertiary alicyclic amines) is 1. The number of aromatic hydroxyl groups is 1. The molecule has 0 aliphatic carbocycles. The molecule has 2 aromatic carbocycles. The molecule has 1 heterocycles. The molecule has 1 aliphatic heterocycles. The standard InChI is InChI=1S/C17H16N2O3/c20-15-8-4-2-6-13(15)12-5-1-3-7-14(12)18-11-19-16(21)9-10-17(19)22/h1-8,18,20H,9-11H2. The Balaban J connectivity index is 1.85. The second kappa shape index (κ2) is 5.89. The first-order valence-corrected chi connectivity index (χ1v) is 7.11. The number of para-hydroxylation sites is 2. The number of benzene rings is 2. The lowest BCUT2D eigenvalue weighted by molar-refractivity contribution is -0.137. The Bertz CT molecular complexity index is 711. The SMILES string of the molecule is O=C1CCC(=O)N1CNc1ccccc1-c1ccccc1O. The lowest BCUT2D eigenvalue weighted by Crippen LogP contribution is -2.34. The van der Waals surface area contributed by atoms with E-state index in [0.29, 0.717) is 5.56 Å². The van der Waals surface area contributed by atoms with E-state index in [-0.39, 0.29) is 37.1 Å². The molecule has 0 saturated carbocycles. The van der Waals surface area contributed by atoms with Crippen molar-refractivity contribution in [2.45, 2.75) is 12.8 Å². The van der Waals surface area contributed by atoms with Crippen LogP contribution < -0.4 is 5.32 Å². The van der Waals surface area contributed by atoms with E-state index in [1.165, 1.54) is 4.90 Å². The van der Waals surface area contributed by atoms with Crippen molar-refractivity contribution in [3.05, 3.63) is 48.5 Å². The highest BCUT2D eigenvalue weighted by atomic mass is 16.3. The van der Waals surface area contributed by atoms with Gasteiger partial charge in [0.25, 0.3) is 0 Å². The van der Waals surface area contributed by atoms with Crippen molar-refractivity contribution < 1.29 is 14.7 Å². The Kier molecular flexibility index (Phi) is 3.78. The molecule has 0 unspecified atom stereocenters. The first kappa shape index (κ1) is 14.1. The van der Waals surface area contributed by atoms with Gasteiger partial charge in [-0.05, 0) is 12.1 Å². The van der Waals surface area contributed by atoms with Gasteiger partial charge in [0.15, 0.2) is 0 Å². The third-order valence-corrected chi connectivity index (χ3v) is 3.70. The van der Waals surface area contributed by atoms with Gasteiger partial charge in [-0.15, -0.1) is 0 Å². The number of amides is 2. The summed E-state index contributed by atoms with van der Waals surface area (Å²) in [5.74, 6) is -0.125. The van der Waals surface area contributed by atoms with Crippen molar-refractivity contribution in [1.82, 2.24) is 4.90 Å². The summed E-state index contributed by atoms with van der Waals surface area (Å²) in [6.07, 6.45) is 0.559. The fourth-order valence-corrected chi connectivity index (χ4v) is 2.54. The summed E-state index contributed by atoms with van der Waals surface area (Å²) in [5.41, 5.74) is 2.28. The molecule has 0 bridgehead atoms. The smallest absolute Gasteiger partial charge is 0.231 e. The lowest BCUT2D eigenvalue weighted by atomic mass is 10.0. The van der Waals surface area contributed by atoms with Gasteiger partial charge in [-0.1, -0.05) is 36.4 Å². The van der Waals surface area contributed by atoms with Crippen molar-refractivity contribution in [3.63, 3.8) is 0 Å². The minimum atomic E-state index is -0.155. The number of carbonyl (C=O) groups is 2. The second-order valence-electron chi connectivity index (χ2n) is 5.11. The summed E-state index contributed by atoms with van der Waals surface area (Å²) >= 11 is 0. The lowest BCUT2D eigenvalue weighted by Gasteiger charge is -2.18. The summed E-state index contributed by atoms with van der Waals surface area (Å²) in [6, 6.07) is 14.5. The fourth-order valence-electron chi connectivity index (χ4n) is 2.54. The van der Waals surface area contributed by atoms with Crippen LogP contribution in [0.1, 0.15) is 12.8 Å². The zero-order chi connectivity index (χ0) is 15.5. The van der Waals surface area contributed by atoms with E-state index < -0.39 is 0 Å². The highest BCUT2D eigenvalue weighted by Crippen LogP contribution is 2.34. The molecule has 1 aliphatic rings. The van der Waals surface area contributed by atoms with E-state index in [1.54, 1.807) is 12.1 Å². The molecule has 2 amide bonds. The molecule has 1 saturated heterocycles. The number of hydrogen-bond acceptors (Lipinski definition) is 4. The predicted octanol–water partition coefficient (Wildman–Crippen LogP) is 2.58. The van der Waals surface area contributed by atoms with Gasteiger partial charge in [0.1, 0.15) is 5.75 Å². The van der Waals surface area contributed by atoms with Crippen molar-refractivity contribution in [3.8, 4) is 16.9 Å². The molecular formula is C17H16N2O3. The summed E-state index contributed by atoms with van der Waals surface area (Å²) in [4.78, 5) is 24.5. The van der Waals surface area contributed by atoms with Gasteiger partial charge < -0.3 is 10.4 Å². The van der Waals surface area contributed by atoms with Gasteiger partial charge in [0.2, 0.25) is 11.8 Å². The topological polar surface area (TPSA) is 69.6 Å². The molecule has 0 aromatic heterocycles. The minimum Gasteiger partial charge on any atom is -0.507 e. The van der Waals surface area contributed by atoms with E-state index in [0.717, 1.165) is 11.3 Å². The molecule has 0 radical (unpaired) electrons. The van der Waals surface area contributed by atoms with Crippen molar-refractivity contribution in [2.24, 2.45) is 0 Å². The Morgan fingerprint density at radius 3 is 2.18 bits per heavy atom. The molecule has 5 nitrogen and oxygen atoms in total. The van der Waals surface area contributed by atoms with Gasteiger partial charge in [0, 0.05) is 29.7 Å². The third-order valence-electron chi connectivity index (χ3n) is 3.70. The molecule has 112 valence electrons. The monoisotopic (exact) mass is 296 g/mol. The number of anilines is 1. The van der Waals surface area contributed by atoms with E-state index in [4.69, 9.17) is 0 Å². The van der Waals surface area contributed by atoms with Crippen LogP contribution in [-0.2, 0) is 9.59 Å². The van der Waals surface area contributed by atoms with Crippen molar-refractivity contribution in [2.75, 3.05) is 12.0 Å². The Labute approximate surface area is 128 Å². The number of phenolic OH excluding ortho intramolecular Hbond substituents is 1. The quantitative estimate of drug-likeness (QED) is 0.851. The highest BCUT2D eigenvalue weighted by Gasteiger charge is 2.28. The van der Waals surface area contributed by atoms with E-state index in [1.807, 2.05) is 36.4 Å². The largest absolute Gasteiger partial charge is 0.507 e. The van der Waals surface area contributed by atoms with Gasteiger partial charge in [-0.25, -0.2) is 0 Å². The average Bonchev–Trinajstić information content (AvgIpc) is 2.85. The summed E-state index contributed by atoms with van der Waals surface area (Å²) < 4.78 is 0. The van der Waals surface area contributed by atoms with Gasteiger partial charge >= 0.3 is 0 Å². The Hall–Kier alpha value is -2.82. The minimum absolute atomic E-state index is 0.141. The maximum absolute atomic E-state index is 11.6. The Morgan fingerprint density at radius 1 is 0.909 bits per heavy atom. The summed E-state index contributed by atoms with van der Waals surface area (Å²) in [5, 5.41) is 13.1. The number of imide groups is 1. The van der Waals surface area contributed by atoms with E-state index in [2.05, 4.69) is 5.32 Å². The number of phenols is 1. The number of carbonyl (C=O) groups excluding carboxylic acids is 2. The highest BCUT2D eigenvalue weighted by molar-refractivity contribution is 6.02. The van der Waals surface area contributed by atoms with Crippen molar-refractivity contribution in [1.29, 1.82) is 0 Å². The van der Waals surface area contributed by atoms with E-state index >= 15 is 0 Å². The van der Waals surface area contributed by atoms with Crippen LogP contribution in [0.3, 0.4) is 0 Å². The molecule has 5 heteroatoms. The zero-order valence-corrected chi connectivity index (χ0v) is 12.0. The molecule has 1 fully saturated rings. The fraction of sp³-hybridized carbons (Fsp3) is 0.176. The van der Waals surface area contributed by atoms with Gasteiger partial charge in [-0.3, -0.25) is 14.5 Å². The number of hydrogen-bond donors (Lipinski definition) is 2. The van der Waals surface area contributed by atoms with Gasteiger partial charge in [-0.2, -0.15) is 0 Å². The number of nitrogens with one attached hydrogen (secondary N) is 1. The van der Waals surface area contributed by atoms with Crippen LogP contribution in [0.2, 0.25) is 0 Å². The summed E-state index contributed by atoms with van der Waals surface area (Å²) in [7, 11) is 0. The number of rotatable bonds is 4. The maximum atomic E-state index is 11.6. The first-order valence-electron chi connectivity index (χ1n) is 7.11. The summed E-state index contributed by atoms with van der Waals surface area (Å²) in [6.45, 7) is 0.141. The van der Waals surface area contributed by atoms with Crippen LogP contribution in [0.4, 0.5) is 5.69 Å². The molecular weight excluding hydrogens is 280 g/mol. The normalized spacial score (nSPS) is 14.5. The van der Waals surface area contributed by atoms with Crippen LogP contribution in [0.5, 0.6) is 5.75 Å². The third kappa shape index (κ3) is 2.65. The van der Waals surface area contributed by atoms with Crippen LogP contribution >= 0.6 is 0 Å². The molecule has 0 atom stereocenters. The molecule has 2 N–H and O–H groups in total. The van der Waals surface area contributed by atoms with Crippen LogP contribution in [-0.4, -0.2) is 28.5 Å². The molecule has 22 heavy (non-hydrogen) atoms. The van der Waals surface area contributed by atoms with Crippen LogP contribution in [0.25, 0.3) is 11.1 Å². The van der Waals surface area contributed by atoms with Gasteiger partial charge in [0.05, 0.1) is 6.67 Å². The Morgan fingerprint density at radius 2 is 1.50 bits per heavy atom. The van der Waals surface area contributed by atoms with E-state index in [9.17, 15) is 14.7 Å². The average molecular weight is 296 g/mol. The second-order valence-corrected chi connectivity index (χ2v) is 5.11. The van der Waals surface area contributed by atoms with Crippen molar-refractivity contribution >= 4 is 17.5 Å². The zero-order valence-electron chi connectivity index (χ0n) is 12.0. The molecule has 2 aromatic rings.